The zero-order valence-corrected chi connectivity index (χ0v) is 67.9. The molecule has 1 aliphatic rings. The highest BCUT2D eigenvalue weighted by Gasteiger charge is 2.37. The number of benzene rings is 2. The number of amides is 13. The third-order valence-corrected chi connectivity index (χ3v) is 21.1. The lowest BCUT2D eigenvalue weighted by Crippen LogP contribution is -2.61. The molecule has 1 fully saturated rings. The molecule has 3 heterocycles. The number of hydrogen-bond acceptors (Lipinski definition) is 19. The van der Waals surface area contributed by atoms with Crippen LogP contribution in [0.25, 0.3) is 10.9 Å². The van der Waals surface area contributed by atoms with E-state index < -0.39 is 160 Å². The summed E-state index contributed by atoms with van der Waals surface area (Å²) in [5.74, 6) is -11.4. The normalized spacial score (nSPS) is 18.5. The Hall–Kier alpha value is -10.6. The topological polar surface area (TPSA) is 585 Å². The minimum atomic E-state index is -4.05. The summed E-state index contributed by atoms with van der Waals surface area (Å²) >= 11 is 0. The van der Waals surface area contributed by atoms with E-state index in [-0.39, 0.29) is 141 Å². The minimum Gasteiger partial charge on any atom is -0.370 e. The number of unbranched alkanes of at least 4 members (excludes halogenated alkanes) is 13. The first-order chi connectivity index (χ1) is 55.7. The fourth-order valence-electron chi connectivity index (χ4n) is 13.4. The number of para-hydroxylation sites is 1. The standard InChI is InChI=1S/C79H125N21O15S/c1-3-4-5-6-7-8-9-10-11-12-13-14-18-34-69(104)100-116(114,115)45-26-35-67(102)86-42-24-22-32-59(93-74(109)62(38-40-80)97-78(113)66(91-52(2)101)48-55-50-85-51-90-55)71(106)95-61-36-37-68(103)87-43-23-21-31-58(70(82)105)92-77(112)65(47-54-49-89-57-30-20-19-29-56(54)57)99-72(107)60(33-25-44-88-79(83)84)94-76(111)64(46-53-27-16-15-17-28-53)98-75(110)63(39-41-81)96-73(61)108/h15-17,19-20,27-30,49-51,58-66,89H,3-14,18,21-26,31-48,80-81H2,1-2H3,(H2,82,105)(H,85,90)(H,86,102)(H,87,103)(H,91,101)(H,92,112)(H,93,109)(H,94,111)(H,95,106)(H,96,108)(H,97,113)(H,98,110)(H,99,107)(H,100,104)(H4,83,84,88)/t58-,59-,60-,61-,62-,63-,64+,65-,66-/m0/s1. The number of carbonyl (C=O) groups is 13. The summed E-state index contributed by atoms with van der Waals surface area (Å²) in [6.45, 7) is 3.07. The average Bonchev–Trinajstić information content (AvgIpc) is 1.73. The van der Waals surface area contributed by atoms with Crippen LogP contribution in [0.15, 0.2) is 73.3 Å². The first-order valence-corrected chi connectivity index (χ1v) is 42.4. The molecule has 4 aromatic rings. The molecule has 1 aliphatic heterocycles. The molecule has 36 nitrogen and oxygen atoms in total. The van der Waals surface area contributed by atoms with Gasteiger partial charge in [0.15, 0.2) is 5.96 Å². The van der Waals surface area contributed by atoms with Crippen molar-refractivity contribution in [3.8, 4) is 0 Å². The molecule has 116 heavy (non-hydrogen) atoms. The third-order valence-electron chi connectivity index (χ3n) is 19.8. The van der Waals surface area contributed by atoms with Gasteiger partial charge in [-0.15, -0.1) is 0 Å². The summed E-state index contributed by atoms with van der Waals surface area (Å²) in [6.07, 6.45) is 17.4. The summed E-state index contributed by atoms with van der Waals surface area (Å²) < 4.78 is 27.8. The highest BCUT2D eigenvalue weighted by atomic mass is 32.2. The molecular weight excluding hydrogens is 1520 g/mol. The summed E-state index contributed by atoms with van der Waals surface area (Å²) in [7, 11) is -4.05. The van der Waals surface area contributed by atoms with E-state index in [1.54, 1.807) is 42.6 Å². The smallest absolute Gasteiger partial charge is 0.243 e. The third kappa shape index (κ3) is 37.8. The molecule has 0 bridgehead atoms. The van der Waals surface area contributed by atoms with Gasteiger partial charge in [0.2, 0.25) is 86.8 Å². The lowest BCUT2D eigenvalue weighted by molar-refractivity contribution is -0.136. The Morgan fingerprint density at radius 3 is 1.80 bits per heavy atom. The Balaban J connectivity index is 1.39. The number of nitrogens with two attached hydrogens (primary N) is 4. The molecule has 37 heteroatoms. The summed E-state index contributed by atoms with van der Waals surface area (Å²) in [5, 5.41) is 40.6. The Morgan fingerprint density at radius 2 is 1.16 bits per heavy atom. The van der Waals surface area contributed by atoms with Crippen LogP contribution in [-0.4, -0.2) is 199 Å². The Morgan fingerprint density at radius 1 is 0.578 bits per heavy atom. The van der Waals surface area contributed by atoms with Crippen molar-refractivity contribution in [3.05, 3.63) is 90.1 Å². The number of fused-ring (bicyclic) bond motifs is 1. The predicted octanol–water partition coefficient (Wildman–Crippen LogP) is 0.822. The maximum Gasteiger partial charge on any atom is 0.243 e. The van der Waals surface area contributed by atoms with Gasteiger partial charge in [-0.05, 0) is 114 Å². The number of sulfonamides is 1. The van der Waals surface area contributed by atoms with Crippen molar-refractivity contribution >= 4 is 104 Å². The van der Waals surface area contributed by atoms with E-state index in [1.165, 1.54) is 70.8 Å². The molecule has 9 atom stereocenters. The number of aromatic amines is 2. The predicted molar refractivity (Wildman–Crippen MR) is 438 cm³/mol. The van der Waals surface area contributed by atoms with Crippen LogP contribution in [0.2, 0.25) is 0 Å². The van der Waals surface area contributed by atoms with E-state index in [1.807, 2.05) is 18.2 Å². The average molecular weight is 1640 g/mol. The second-order valence-electron chi connectivity index (χ2n) is 29.5. The number of carbonyl (C=O) groups excluding carboxylic acids is 13. The number of guanidine groups is 1. The van der Waals surface area contributed by atoms with Gasteiger partial charge in [0.05, 0.1) is 17.8 Å². The molecule has 0 spiro atoms. The van der Waals surface area contributed by atoms with Crippen molar-refractivity contribution < 1.29 is 70.7 Å². The van der Waals surface area contributed by atoms with Crippen molar-refractivity contribution in [1.29, 1.82) is 5.41 Å². The second kappa shape index (κ2) is 53.6. The van der Waals surface area contributed by atoms with E-state index in [2.05, 4.69) is 90.4 Å². The molecular formula is C79H125N21O15S. The zero-order valence-electron chi connectivity index (χ0n) is 67.1. The number of nitrogens with zero attached hydrogens (tertiary/aromatic N) is 1. The number of rotatable bonds is 46. The van der Waals surface area contributed by atoms with Crippen molar-refractivity contribution in [3.63, 3.8) is 0 Å². The lowest BCUT2D eigenvalue weighted by atomic mass is 10.0. The molecule has 0 radical (unpaired) electrons. The van der Waals surface area contributed by atoms with Crippen LogP contribution < -0.4 is 91.5 Å². The van der Waals surface area contributed by atoms with Crippen LogP contribution in [0.5, 0.6) is 0 Å². The fraction of sp³-hybridized carbons (Fsp3) is 0.608. The van der Waals surface area contributed by atoms with Crippen molar-refractivity contribution in [2.45, 2.75) is 267 Å². The fourth-order valence-corrected chi connectivity index (χ4v) is 14.5. The first-order valence-electron chi connectivity index (χ1n) is 40.8. The maximum absolute atomic E-state index is 15.0. The van der Waals surface area contributed by atoms with E-state index in [0.717, 1.165) is 36.6 Å². The van der Waals surface area contributed by atoms with Gasteiger partial charge in [0, 0.05) is 88.4 Å². The van der Waals surface area contributed by atoms with E-state index in [0.29, 0.717) is 23.2 Å². The molecule has 0 aliphatic carbocycles. The van der Waals surface area contributed by atoms with Gasteiger partial charge in [-0.2, -0.15) is 0 Å². The van der Waals surface area contributed by atoms with Gasteiger partial charge in [0.1, 0.15) is 54.4 Å². The molecule has 13 amide bonds. The van der Waals surface area contributed by atoms with E-state index >= 15 is 4.79 Å². The number of nitrogens with one attached hydrogen (secondary N) is 16. The van der Waals surface area contributed by atoms with Crippen LogP contribution in [0.4, 0.5) is 0 Å². The van der Waals surface area contributed by atoms with Crippen molar-refractivity contribution in [2.24, 2.45) is 22.9 Å². The lowest BCUT2D eigenvalue weighted by Gasteiger charge is -2.28. The highest BCUT2D eigenvalue weighted by Crippen LogP contribution is 2.21. The Bertz CT molecular complexity index is 3900. The molecule has 1 saturated heterocycles. The van der Waals surface area contributed by atoms with Crippen LogP contribution in [0, 0.1) is 5.41 Å². The summed E-state index contributed by atoms with van der Waals surface area (Å²) in [5.41, 5.74) is 25.8. The first kappa shape index (κ1) is 96.0. The van der Waals surface area contributed by atoms with Gasteiger partial charge >= 0.3 is 0 Å². The van der Waals surface area contributed by atoms with E-state index in [9.17, 15) is 66.0 Å². The number of aromatic nitrogens is 3. The summed E-state index contributed by atoms with van der Waals surface area (Å²) in [4.78, 5) is 193. The molecule has 0 saturated carbocycles. The molecule has 642 valence electrons. The number of primary amides is 1. The molecule has 5 rings (SSSR count). The van der Waals surface area contributed by atoms with Crippen LogP contribution in [0.3, 0.4) is 0 Å². The molecule has 24 N–H and O–H groups in total. The Labute approximate surface area is 679 Å². The second-order valence-corrected chi connectivity index (χ2v) is 31.3. The Kier molecular flexibility index (Phi) is 44.3. The van der Waals surface area contributed by atoms with E-state index in [4.69, 9.17) is 28.3 Å². The SMILES string of the molecule is CCCCCCCCCCCCCCCC(=O)NS(=O)(=O)CCCC(=O)NCCCC[C@H](NC(=O)[C@H](CCN)NC(=O)[C@H](Cc1c[nH]cn1)NC(C)=O)C(=O)N[C@H]1CCC(=O)NCCCC[C@@H](C(N)=O)NC(=O)[C@H](Cc2c[nH]c3ccccc23)NC(=O)[C@H](CCCNC(=N)N)NC(=O)[C@@H](Cc2ccccc2)NC(=O)[C@H](CCN)NC1=O. The zero-order chi connectivity index (χ0) is 84.6. The monoisotopic (exact) mass is 1640 g/mol. The minimum absolute atomic E-state index is 0.000387. The van der Waals surface area contributed by atoms with Gasteiger partial charge < -0.3 is 96.7 Å². The number of hydrogen-bond donors (Lipinski definition) is 20. The van der Waals surface area contributed by atoms with Crippen molar-refractivity contribution in [1.82, 2.24) is 83.5 Å². The van der Waals surface area contributed by atoms with Crippen LogP contribution in [-0.2, 0) is 91.6 Å². The van der Waals surface area contributed by atoms with Gasteiger partial charge in [-0.1, -0.05) is 133 Å². The van der Waals surface area contributed by atoms with Crippen LogP contribution >= 0.6 is 0 Å². The molecule has 2 aromatic carbocycles. The van der Waals surface area contributed by atoms with Crippen molar-refractivity contribution in [2.75, 3.05) is 38.5 Å². The molecule has 0 unspecified atom stereocenters. The quantitative estimate of drug-likeness (QED) is 0.0165. The largest absolute Gasteiger partial charge is 0.370 e. The van der Waals surface area contributed by atoms with Gasteiger partial charge in [-0.25, -0.2) is 13.4 Å². The number of imidazole rings is 1. The highest BCUT2D eigenvalue weighted by molar-refractivity contribution is 7.90. The number of H-pyrrole nitrogens is 2. The maximum atomic E-state index is 15.0. The van der Waals surface area contributed by atoms with Gasteiger partial charge in [0.25, 0.3) is 0 Å². The van der Waals surface area contributed by atoms with Gasteiger partial charge in [-0.3, -0.25) is 72.5 Å². The molecule has 2 aromatic heterocycles. The van der Waals surface area contributed by atoms with Crippen LogP contribution in [0.1, 0.15) is 210 Å². The summed E-state index contributed by atoms with van der Waals surface area (Å²) in [6, 6.07) is 2.62.